The van der Waals surface area contributed by atoms with Gasteiger partial charge in [0.15, 0.2) is 0 Å². The van der Waals surface area contributed by atoms with Gasteiger partial charge >= 0.3 is 0 Å². The highest BCUT2D eigenvalue weighted by Crippen LogP contribution is 2.36. The van der Waals surface area contributed by atoms with Gasteiger partial charge in [-0.25, -0.2) is 12.8 Å². The van der Waals surface area contributed by atoms with E-state index in [2.05, 4.69) is 10.3 Å². The quantitative estimate of drug-likeness (QED) is 0.575. The highest BCUT2D eigenvalue weighted by molar-refractivity contribution is 7.89. The molecule has 4 rings (SSSR count). The summed E-state index contributed by atoms with van der Waals surface area (Å²) in [6, 6.07) is 15.7. The van der Waals surface area contributed by atoms with Gasteiger partial charge in [0.1, 0.15) is 11.6 Å². The summed E-state index contributed by atoms with van der Waals surface area (Å²) < 4.78 is 46.9. The van der Waals surface area contributed by atoms with Crippen LogP contribution in [0.3, 0.4) is 0 Å². The van der Waals surface area contributed by atoms with Crippen molar-refractivity contribution in [3.8, 4) is 5.75 Å². The fourth-order valence-electron chi connectivity index (χ4n) is 4.02. The lowest BCUT2D eigenvalue weighted by molar-refractivity contribution is -0.125. The molecule has 1 amide bonds. The molecule has 1 fully saturated rings. The lowest BCUT2D eigenvalue weighted by Gasteiger charge is -2.18. The third-order valence-electron chi connectivity index (χ3n) is 5.79. The van der Waals surface area contributed by atoms with Crippen LogP contribution in [0, 0.1) is 11.7 Å². The smallest absolute Gasteiger partial charge is 0.243 e. The van der Waals surface area contributed by atoms with Crippen LogP contribution in [0.4, 0.5) is 4.39 Å². The maximum absolute atomic E-state index is 13.9. The van der Waals surface area contributed by atoms with Gasteiger partial charge in [0.25, 0.3) is 0 Å². The van der Waals surface area contributed by atoms with Gasteiger partial charge < -0.3 is 10.1 Å². The number of benzene rings is 2. The molecule has 2 aromatic carbocycles. The first-order chi connectivity index (χ1) is 15.9. The number of ether oxygens (including phenoxy) is 1. The number of methoxy groups -OCH3 is 1. The molecule has 1 saturated heterocycles. The number of rotatable bonds is 7. The number of pyridine rings is 1. The number of hydrogen-bond donors (Lipinski definition) is 1. The van der Waals surface area contributed by atoms with Crippen LogP contribution >= 0.6 is 0 Å². The predicted octanol–water partition coefficient (Wildman–Crippen LogP) is 2.95. The summed E-state index contributed by atoms with van der Waals surface area (Å²) in [4.78, 5) is 17.3. The number of amides is 1. The Bertz CT molecular complexity index is 1220. The van der Waals surface area contributed by atoms with Crippen molar-refractivity contribution in [1.82, 2.24) is 14.6 Å². The van der Waals surface area contributed by atoms with Gasteiger partial charge in [0, 0.05) is 37.9 Å². The van der Waals surface area contributed by atoms with Crippen molar-refractivity contribution in [2.75, 3.05) is 20.2 Å². The molecule has 1 aliphatic rings. The van der Waals surface area contributed by atoms with Gasteiger partial charge in [-0.05, 0) is 53.6 Å². The number of halogens is 1. The molecule has 1 aromatic heterocycles. The van der Waals surface area contributed by atoms with Crippen molar-refractivity contribution in [1.29, 1.82) is 0 Å². The van der Waals surface area contributed by atoms with E-state index in [1.807, 2.05) is 6.07 Å². The summed E-state index contributed by atoms with van der Waals surface area (Å²) >= 11 is 0. The summed E-state index contributed by atoms with van der Waals surface area (Å²) in [6.45, 7) is 0.335. The fraction of sp³-hybridized carbons (Fsp3) is 0.250. The van der Waals surface area contributed by atoms with Crippen molar-refractivity contribution < 1.29 is 22.3 Å². The maximum atomic E-state index is 13.9. The Morgan fingerprint density at radius 2 is 1.94 bits per heavy atom. The number of sulfonamides is 1. The molecule has 0 aliphatic carbocycles. The first-order valence-corrected chi connectivity index (χ1v) is 11.9. The Hall–Kier alpha value is -3.30. The minimum absolute atomic E-state index is 0.00554. The van der Waals surface area contributed by atoms with E-state index in [1.165, 1.54) is 35.7 Å². The van der Waals surface area contributed by atoms with Gasteiger partial charge in [-0.2, -0.15) is 4.31 Å². The number of carbonyl (C=O) groups excluding carboxylic acids is 1. The zero-order valence-electron chi connectivity index (χ0n) is 18.0. The van der Waals surface area contributed by atoms with Crippen LogP contribution in [-0.2, 0) is 21.4 Å². The Balaban J connectivity index is 1.59. The summed E-state index contributed by atoms with van der Waals surface area (Å²) in [5.41, 5.74) is 1.41. The highest BCUT2D eigenvalue weighted by Gasteiger charge is 2.43. The SMILES string of the molecule is COc1ccc(S(=O)(=O)N2CC(C(=O)NCc3cccnc3)C(c3cccc(F)c3)C2)cc1. The Labute approximate surface area is 192 Å². The van der Waals surface area contributed by atoms with E-state index in [0.29, 0.717) is 11.3 Å². The standard InChI is InChI=1S/C24H24FN3O4S/c1-32-20-7-9-21(10-8-20)33(30,31)28-15-22(18-5-2-6-19(25)12-18)23(16-28)24(29)27-14-17-4-3-11-26-13-17/h2-13,22-23H,14-16H2,1H3,(H,27,29). The number of aromatic nitrogens is 1. The molecule has 9 heteroatoms. The topological polar surface area (TPSA) is 88.6 Å². The molecular weight excluding hydrogens is 445 g/mol. The Kier molecular flexibility index (Phi) is 6.71. The lowest BCUT2D eigenvalue weighted by Crippen LogP contribution is -2.35. The number of hydrogen-bond acceptors (Lipinski definition) is 5. The van der Waals surface area contributed by atoms with Crippen molar-refractivity contribution in [2.24, 2.45) is 5.92 Å². The fourth-order valence-corrected chi connectivity index (χ4v) is 5.52. The Morgan fingerprint density at radius 3 is 2.61 bits per heavy atom. The average molecular weight is 470 g/mol. The van der Waals surface area contributed by atoms with Crippen LogP contribution < -0.4 is 10.1 Å². The molecule has 0 spiro atoms. The second-order valence-corrected chi connectivity index (χ2v) is 9.78. The van der Waals surface area contributed by atoms with Gasteiger partial charge in [-0.1, -0.05) is 18.2 Å². The van der Waals surface area contributed by atoms with Crippen molar-refractivity contribution in [3.05, 3.63) is 90.0 Å². The number of carbonyl (C=O) groups is 1. The zero-order chi connectivity index (χ0) is 23.4. The van der Waals surface area contributed by atoms with Gasteiger partial charge in [-0.15, -0.1) is 0 Å². The zero-order valence-corrected chi connectivity index (χ0v) is 18.8. The largest absolute Gasteiger partial charge is 0.497 e. The molecule has 172 valence electrons. The van der Waals surface area contributed by atoms with E-state index in [0.717, 1.165) is 5.56 Å². The second kappa shape index (κ2) is 9.68. The monoisotopic (exact) mass is 469 g/mol. The van der Waals surface area contributed by atoms with Gasteiger partial charge in [0.2, 0.25) is 15.9 Å². The van der Waals surface area contributed by atoms with Crippen LogP contribution in [-0.4, -0.2) is 43.8 Å². The minimum atomic E-state index is -3.85. The van der Waals surface area contributed by atoms with Crippen LogP contribution in [0.25, 0.3) is 0 Å². The third-order valence-corrected chi connectivity index (χ3v) is 7.63. The molecule has 3 aromatic rings. The lowest BCUT2D eigenvalue weighted by atomic mass is 9.88. The molecule has 1 N–H and O–H groups in total. The van der Waals surface area contributed by atoms with Gasteiger partial charge in [-0.3, -0.25) is 9.78 Å². The summed E-state index contributed by atoms with van der Waals surface area (Å²) in [5, 5.41) is 2.87. The van der Waals surface area contributed by atoms with E-state index >= 15 is 0 Å². The van der Waals surface area contributed by atoms with Crippen LogP contribution in [0.2, 0.25) is 0 Å². The third kappa shape index (κ3) is 5.04. The van der Waals surface area contributed by atoms with E-state index in [9.17, 15) is 17.6 Å². The number of nitrogens with zero attached hydrogens (tertiary/aromatic N) is 2. The van der Waals surface area contributed by atoms with Gasteiger partial charge in [0.05, 0.1) is 17.9 Å². The molecule has 1 aliphatic heterocycles. The molecule has 2 atom stereocenters. The van der Waals surface area contributed by atoms with E-state index in [-0.39, 0.29) is 30.4 Å². The first-order valence-electron chi connectivity index (χ1n) is 10.4. The molecular formula is C24H24FN3O4S. The molecule has 33 heavy (non-hydrogen) atoms. The predicted molar refractivity (Wildman–Crippen MR) is 120 cm³/mol. The molecule has 7 nitrogen and oxygen atoms in total. The molecule has 0 bridgehead atoms. The van der Waals surface area contributed by atoms with Crippen molar-refractivity contribution in [3.63, 3.8) is 0 Å². The van der Waals surface area contributed by atoms with Crippen LogP contribution in [0.1, 0.15) is 17.0 Å². The summed E-state index contributed by atoms with van der Waals surface area (Å²) in [5.74, 6) is -1.33. The molecule has 0 saturated carbocycles. The average Bonchev–Trinajstić information content (AvgIpc) is 3.30. The summed E-state index contributed by atoms with van der Waals surface area (Å²) in [6.07, 6.45) is 3.30. The number of nitrogens with one attached hydrogen (secondary N) is 1. The van der Waals surface area contributed by atoms with Crippen LogP contribution in [0.5, 0.6) is 5.75 Å². The van der Waals surface area contributed by atoms with E-state index in [4.69, 9.17) is 4.74 Å². The minimum Gasteiger partial charge on any atom is -0.497 e. The highest BCUT2D eigenvalue weighted by atomic mass is 32.2. The normalized spacial score (nSPS) is 18.7. The van der Waals surface area contributed by atoms with Crippen LogP contribution in [0.15, 0.2) is 78.0 Å². The summed E-state index contributed by atoms with van der Waals surface area (Å²) in [7, 11) is -2.35. The second-order valence-electron chi connectivity index (χ2n) is 7.84. The first kappa shape index (κ1) is 22.9. The maximum Gasteiger partial charge on any atom is 0.243 e. The van der Waals surface area contributed by atoms with Crippen molar-refractivity contribution >= 4 is 15.9 Å². The van der Waals surface area contributed by atoms with E-state index < -0.39 is 27.7 Å². The molecule has 0 radical (unpaired) electrons. The molecule has 2 unspecified atom stereocenters. The molecule has 2 heterocycles. The van der Waals surface area contributed by atoms with Crippen molar-refractivity contribution in [2.45, 2.75) is 17.4 Å². The van der Waals surface area contributed by atoms with E-state index in [1.54, 1.807) is 42.7 Å². The Morgan fingerprint density at radius 1 is 1.15 bits per heavy atom.